The number of carboxylic acid groups (broad SMARTS) is 1. The lowest BCUT2D eigenvalue weighted by atomic mass is 9.95. The summed E-state index contributed by atoms with van der Waals surface area (Å²) >= 11 is 0. The molecule has 4 rings (SSSR count). The van der Waals surface area contributed by atoms with Crippen LogP contribution in [0.2, 0.25) is 0 Å². The Morgan fingerprint density at radius 2 is 1.42 bits per heavy atom. The van der Waals surface area contributed by atoms with E-state index in [1.807, 2.05) is 6.33 Å². The first kappa shape index (κ1) is 20.9. The summed E-state index contributed by atoms with van der Waals surface area (Å²) in [7, 11) is 0. The maximum absolute atomic E-state index is 11.6. The highest BCUT2D eigenvalue weighted by Gasteiger charge is 2.20. The maximum Gasteiger partial charge on any atom is 0.335 e. The van der Waals surface area contributed by atoms with Crippen molar-refractivity contribution in [2.24, 2.45) is 0 Å². The molecule has 0 aliphatic rings. The molecule has 31 heavy (non-hydrogen) atoms. The van der Waals surface area contributed by atoms with Crippen molar-refractivity contribution in [2.45, 2.75) is 45.6 Å². The molecule has 0 bridgehead atoms. The van der Waals surface area contributed by atoms with E-state index in [1.165, 1.54) is 11.1 Å². The molecule has 1 aromatic heterocycles. The van der Waals surface area contributed by atoms with Crippen molar-refractivity contribution in [3.8, 4) is 0 Å². The van der Waals surface area contributed by atoms with Crippen LogP contribution in [0.1, 0.15) is 65.3 Å². The average molecular weight is 413 g/mol. The average Bonchev–Trinajstić information content (AvgIpc) is 3.20. The first-order valence-corrected chi connectivity index (χ1v) is 11.0. The fraction of sp³-hybridized carbons (Fsp3) is 0.259. The summed E-state index contributed by atoms with van der Waals surface area (Å²) < 4.78 is 2.09. The van der Waals surface area contributed by atoms with E-state index in [4.69, 9.17) is 0 Å². The van der Waals surface area contributed by atoms with Crippen LogP contribution in [0.3, 0.4) is 0 Å². The van der Waals surface area contributed by atoms with E-state index in [2.05, 4.69) is 71.9 Å². The first-order valence-electron chi connectivity index (χ1n) is 11.0. The number of nitrogens with zero attached hydrogens (tertiary/aromatic N) is 2. The van der Waals surface area contributed by atoms with Gasteiger partial charge in [0.2, 0.25) is 0 Å². The second-order valence-electron chi connectivity index (χ2n) is 8.05. The van der Waals surface area contributed by atoms with Gasteiger partial charge in [0.25, 0.3) is 0 Å². The Morgan fingerprint density at radius 1 is 0.871 bits per heavy atom. The largest absolute Gasteiger partial charge is 0.478 e. The Bertz CT molecular complexity index is 1120. The van der Waals surface area contributed by atoms with Crippen molar-refractivity contribution in [1.29, 1.82) is 0 Å². The summed E-state index contributed by atoms with van der Waals surface area (Å²) in [5.41, 5.74) is 6.84. The Labute approximate surface area is 183 Å². The number of aromatic nitrogens is 2. The number of carbonyl (C=O) groups is 1. The lowest BCUT2D eigenvalue weighted by Crippen LogP contribution is -2.12. The number of benzene rings is 3. The standard InChI is InChI=1S/C27H28N2O2/c1-3-5-19-7-11-21(12-8-19)26(22-13-9-20(6-4-2)10-14-22)29-18-28-24-16-15-23(27(30)31)17-25(24)29/h7-18,26H,3-6H2,1-2H3,(H,30,31). The van der Waals surface area contributed by atoms with E-state index in [0.717, 1.165) is 47.8 Å². The Morgan fingerprint density at radius 3 is 1.90 bits per heavy atom. The zero-order chi connectivity index (χ0) is 21.8. The summed E-state index contributed by atoms with van der Waals surface area (Å²) in [6.45, 7) is 4.37. The van der Waals surface area contributed by atoms with Crippen LogP contribution < -0.4 is 0 Å². The van der Waals surface area contributed by atoms with Gasteiger partial charge in [-0.05, 0) is 53.3 Å². The molecule has 158 valence electrons. The fourth-order valence-corrected chi connectivity index (χ4v) is 4.19. The van der Waals surface area contributed by atoms with E-state index in [-0.39, 0.29) is 11.6 Å². The van der Waals surface area contributed by atoms with Gasteiger partial charge in [-0.15, -0.1) is 0 Å². The molecule has 0 atom stereocenters. The van der Waals surface area contributed by atoms with Crippen LogP contribution in [0.25, 0.3) is 11.0 Å². The van der Waals surface area contributed by atoms with E-state index in [0.29, 0.717) is 0 Å². The van der Waals surface area contributed by atoms with Crippen LogP contribution in [0.15, 0.2) is 73.1 Å². The molecule has 1 heterocycles. The van der Waals surface area contributed by atoms with Crippen molar-refractivity contribution in [1.82, 2.24) is 9.55 Å². The fourth-order valence-electron chi connectivity index (χ4n) is 4.19. The molecule has 0 saturated carbocycles. The van der Waals surface area contributed by atoms with Crippen molar-refractivity contribution in [2.75, 3.05) is 0 Å². The summed E-state index contributed by atoms with van der Waals surface area (Å²) in [5, 5.41) is 9.48. The number of imidazole rings is 1. The molecule has 0 aliphatic carbocycles. The third-order valence-electron chi connectivity index (χ3n) is 5.77. The SMILES string of the molecule is CCCc1ccc(C(c2ccc(CCC)cc2)n2cnc3ccc(C(=O)O)cc32)cc1. The van der Waals surface area contributed by atoms with Gasteiger partial charge in [-0.1, -0.05) is 75.2 Å². The normalized spacial score (nSPS) is 11.3. The van der Waals surface area contributed by atoms with Gasteiger partial charge in [0.15, 0.2) is 0 Å². The second kappa shape index (κ2) is 9.17. The highest BCUT2D eigenvalue weighted by atomic mass is 16.4. The van der Waals surface area contributed by atoms with Crippen LogP contribution >= 0.6 is 0 Å². The van der Waals surface area contributed by atoms with Gasteiger partial charge in [0, 0.05) is 0 Å². The molecule has 0 spiro atoms. The van der Waals surface area contributed by atoms with Gasteiger partial charge in [-0.2, -0.15) is 0 Å². The summed E-state index contributed by atoms with van der Waals surface area (Å²) in [5.74, 6) is -0.931. The summed E-state index contributed by atoms with van der Waals surface area (Å²) in [4.78, 5) is 16.1. The van der Waals surface area contributed by atoms with E-state index in [1.54, 1.807) is 18.2 Å². The van der Waals surface area contributed by atoms with Crippen molar-refractivity contribution >= 4 is 17.0 Å². The lowest BCUT2D eigenvalue weighted by Gasteiger charge is -2.22. The molecule has 1 N–H and O–H groups in total. The van der Waals surface area contributed by atoms with Gasteiger partial charge in [0.05, 0.1) is 29.0 Å². The minimum atomic E-state index is -0.931. The van der Waals surface area contributed by atoms with Gasteiger partial charge >= 0.3 is 5.97 Å². The quantitative estimate of drug-likeness (QED) is 0.371. The van der Waals surface area contributed by atoms with Gasteiger partial charge in [0.1, 0.15) is 0 Å². The molecule has 4 nitrogen and oxygen atoms in total. The van der Waals surface area contributed by atoms with Crippen LogP contribution in [-0.2, 0) is 12.8 Å². The Hall–Kier alpha value is -3.40. The monoisotopic (exact) mass is 412 g/mol. The van der Waals surface area contributed by atoms with Crippen molar-refractivity contribution < 1.29 is 9.90 Å². The molecule has 0 radical (unpaired) electrons. The zero-order valence-electron chi connectivity index (χ0n) is 18.1. The maximum atomic E-state index is 11.6. The van der Waals surface area contributed by atoms with Gasteiger partial charge in [-0.3, -0.25) is 0 Å². The van der Waals surface area contributed by atoms with Crippen LogP contribution in [0.4, 0.5) is 0 Å². The highest BCUT2D eigenvalue weighted by Crippen LogP contribution is 2.31. The van der Waals surface area contributed by atoms with Crippen LogP contribution in [0, 0.1) is 0 Å². The van der Waals surface area contributed by atoms with Gasteiger partial charge in [-0.25, -0.2) is 9.78 Å². The Kier molecular flexibility index (Phi) is 6.17. The summed E-state index contributed by atoms with van der Waals surface area (Å²) in [6, 6.07) is 22.5. The number of fused-ring (bicyclic) bond motifs is 1. The topological polar surface area (TPSA) is 55.1 Å². The third kappa shape index (κ3) is 4.38. The predicted molar refractivity (Wildman–Crippen MR) is 125 cm³/mol. The Balaban J connectivity index is 1.85. The lowest BCUT2D eigenvalue weighted by molar-refractivity contribution is 0.0697. The van der Waals surface area contributed by atoms with Crippen molar-refractivity contribution in [3.63, 3.8) is 0 Å². The molecule has 0 aliphatic heterocycles. The molecule has 4 aromatic rings. The molecule has 0 amide bonds. The number of rotatable bonds is 8. The highest BCUT2D eigenvalue weighted by molar-refractivity contribution is 5.92. The van der Waals surface area contributed by atoms with Crippen molar-refractivity contribution in [3.05, 3.63) is 101 Å². The number of hydrogen-bond donors (Lipinski definition) is 1. The molecule has 0 fully saturated rings. The number of aryl methyl sites for hydroxylation is 2. The molecular weight excluding hydrogens is 384 g/mol. The van der Waals surface area contributed by atoms with Gasteiger partial charge < -0.3 is 9.67 Å². The third-order valence-corrected chi connectivity index (χ3v) is 5.77. The summed E-state index contributed by atoms with van der Waals surface area (Å²) in [6.07, 6.45) is 6.18. The predicted octanol–water partition coefficient (Wildman–Crippen LogP) is 6.28. The van der Waals surface area contributed by atoms with E-state index in [9.17, 15) is 9.90 Å². The zero-order valence-corrected chi connectivity index (χ0v) is 18.1. The molecular formula is C27H28N2O2. The van der Waals surface area contributed by atoms with E-state index < -0.39 is 5.97 Å². The molecule has 4 heteroatoms. The number of carboxylic acids is 1. The smallest absolute Gasteiger partial charge is 0.335 e. The molecule has 0 unspecified atom stereocenters. The second-order valence-corrected chi connectivity index (χ2v) is 8.05. The number of aromatic carboxylic acids is 1. The minimum absolute atomic E-state index is 0.0830. The number of hydrogen-bond acceptors (Lipinski definition) is 2. The van der Waals surface area contributed by atoms with Crippen LogP contribution in [0.5, 0.6) is 0 Å². The molecule has 3 aromatic carbocycles. The molecule has 0 saturated heterocycles. The minimum Gasteiger partial charge on any atom is -0.478 e. The van der Waals surface area contributed by atoms with Crippen LogP contribution in [-0.4, -0.2) is 20.6 Å². The van der Waals surface area contributed by atoms with E-state index >= 15 is 0 Å². The first-order chi connectivity index (χ1) is 15.1.